The van der Waals surface area contributed by atoms with Gasteiger partial charge in [-0.05, 0) is 63.9 Å². The SMILES string of the molecule is CNC(CC1Cc2ccccc21)C1(N(C)C)CCCCC1. The van der Waals surface area contributed by atoms with Crippen molar-refractivity contribution in [2.75, 3.05) is 21.1 Å². The first-order valence-electron chi connectivity index (χ1n) is 8.60. The second kappa shape index (κ2) is 6.10. The Morgan fingerprint density at radius 1 is 1.19 bits per heavy atom. The Labute approximate surface area is 129 Å². The van der Waals surface area contributed by atoms with Crippen LogP contribution < -0.4 is 5.32 Å². The molecule has 1 saturated carbocycles. The molecule has 2 aliphatic carbocycles. The van der Waals surface area contributed by atoms with Gasteiger partial charge in [0.2, 0.25) is 0 Å². The van der Waals surface area contributed by atoms with E-state index in [1.54, 1.807) is 11.1 Å². The molecule has 0 bridgehead atoms. The van der Waals surface area contributed by atoms with Crippen LogP contribution in [-0.4, -0.2) is 37.6 Å². The lowest BCUT2D eigenvalue weighted by molar-refractivity contribution is 0.0526. The molecule has 0 aromatic heterocycles. The molecule has 21 heavy (non-hydrogen) atoms. The van der Waals surface area contributed by atoms with Gasteiger partial charge in [-0.3, -0.25) is 0 Å². The molecule has 116 valence electrons. The van der Waals surface area contributed by atoms with Gasteiger partial charge in [0.05, 0.1) is 0 Å². The minimum atomic E-state index is 0.359. The smallest absolute Gasteiger partial charge is 0.0356 e. The van der Waals surface area contributed by atoms with Gasteiger partial charge in [0.1, 0.15) is 0 Å². The molecule has 0 radical (unpaired) electrons. The van der Waals surface area contributed by atoms with Gasteiger partial charge in [0.15, 0.2) is 0 Å². The second-order valence-electron chi connectivity index (χ2n) is 7.24. The summed E-state index contributed by atoms with van der Waals surface area (Å²) in [6, 6.07) is 9.60. The van der Waals surface area contributed by atoms with Crippen LogP contribution in [0.15, 0.2) is 24.3 Å². The van der Waals surface area contributed by atoms with Gasteiger partial charge in [-0.25, -0.2) is 0 Å². The molecule has 0 spiro atoms. The predicted octanol–water partition coefficient (Wildman–Crippen LogP) is 3.57. The fraction of sp³-hybridized carbons (Fsp3) is 0.684. The lowest BCUT2D eigenvalue weighted by Gasteiger charge is -2.50. The number of likely N-dealkylation sites (N-methyl/N-ethyl adjacent to an activating group) is 2. The molecule has 1 fully saturated rings. The molecule has 2 aliphatic rings. The van der Waals surface area contributed by atoms with E-state index in [9.17, 15) is 0 Å². The normalized spacial score (nSPS) is 25.2. The fourth-order valence-corrected chi connectivity index (χ4v) is 4.73. The Kier molecular flexibility index (Phi) is 4.37. The van der Waals surface area contributed by atoms with Crippen molar-refractivity contribution in [3.05, 3.63) is 35.4 Å². The summed E-state index contributed by atoms with van der Waals surface area (Å²) in [5.74, 6) is 0.761. The van der Waals surface area contributed by atoms with Crippen molar-refractivity contribution in [3.8, 4) is 0 Å². The summed E-state index contributed by atoms with van der Waals surface area (Å²) in [5.41, 5.74) is 3.53. The molecular formula is C19H30N2. The first-order valence-corrected chi connectivity index (χ1v) is 8.60. The van der Waals surface area contributed by atoms with Gasteiger partial charge in [0, 0.05) is 11.6 Å². The van der Waals surface area contributed by atoms with Gasteiger partial charge >= 0.3 is 0 Å². The van der Waals surface area contributed by atoms with Crippen molar-refractivity contribution in [1.82, 2.24) is 10.2 Å². The predicted molar refractivity (Wildman–Crippen MR) is 89.9 cm³/mol. The van der Waals surface area contributed by atoms with E-state index in [1.807, 2.05) is 0 Å². The van der Waals surface area contributed by atoms with Crippen LogP contribution in [0.5, 0.6) is 0 Å². The second-order valence-corrected chi connectivity index (χ2v) is 7.24. The number of hydrogen-bond donors (Lipinski definition) is 1. The Bertz CT molecular complexity index is 474. The van der Waals surface area contributed by atoms with Crippen LogP contribution >= 0.6 is 0 Å². The van der Waals surface area contributed by atoms with E-state index in [4.69, 9.17) is 0 Å². The largest absolute Gasteiger partial charge is 0.315 e. The first-order chi connectivity index (χ1) is 10.2. The fourth-order valence-electron chi connectivity index (χ4n) is 4.73. The Morgan fingerprint density at radius 3 is 2.52 bits per heavy atom. The number of rotatable bonds is 5. The van der Waals surface area contributed by atoms with Gasteiger partial charge in [-0.15, -0.1) is 0 Å². The third-order valence-corrected chi connectivity index (χ3v) is 6.09. The van der Waals surface area contributed by atoms with Crippen molar-refractivity contribution in [3.63, 3.8) is 0 Å². The lowest BCUT2D eigenvalue weighted by Crippen LogP contribution is -2.60. The number of fused-ring (bicyclic) bond motifs is 1. The Morgan fingerprint density at radius 2 is 1.90 bits per heavy atom. The van der Waals surface area contributed by atoms with Crippen molar-refractivity contribution >= 4 is 0 Å². The molecule has 1 aromatic carbocycles. The summed E-state index contributed by atoms with van der Waals surface area (Å²) in [5, 5.41) is 3.68. The van der Waals surface area contributed by atoms with E-state index in [2.05, 4.69) is 55.6 Å². The van der Waals surface area contributed by atoms with E-state index in [0.29, 0.717) is 11.6 Å². The molecule has 2 nitrogen and oxygen atoms in total. The van der Waals surface area contributed by atoms with E-state index >= 15 is 0 Å². The highest BCUT2D eigenvalue weighted by atomic mass is 15.2. The van der Waals surface area contributed by atoms with Crippen LogP contribution in [0.1, 0.15) is 55.6 Å². The maximum absolute atomic E-state index is 3.68. The molecule has 0 aliphatic heterocycles. The van der Waals surface area contributed by atoms with Crippen LogP contribution in [0, 0.1) is 0 Å². The maximum atomic E-state index is 3.68. The van der Waals surface area contributed by atoms with Crippen LogP contribution in [0.4, 0.5) is 0 Å². The summed E-state index contributed by atoms with van der Waals surface area (Å²) >= 11 is 0. The standard InChI is InChI=1S/C19H30N2/c1-20-18(19(21(2)3)11-7-4-8-12-19)14-16-13-15-9-5-6-10-17(15)16/h5-6,9-10,16,18,20H,4,7-8,11-14H2,1-3H3. The zero-order chi connectivity index (χ0) is 14.9. The maximum Gasteiger partial charge on any atom is 0.0356 e. The minimum absolute atomic E-state index is 0.359. The number of nitrogens with one attached hydrogen (secondary N) is 1. The molecule has 2 unspecified atom stereocenters. The lowest BCUT2D eigenvalue weighted by atomic mass is 9.68. The zero-order valence-corrected chi connectivity index (χ0v) is 13.9. The summed E-state index contributed by atoms with van der Waals surface area (Å²) in [4.78, 5) is 2.51. The molecule has 1 aromatic rings. The summed E-state index contributed by atoms with van der Waals surface area (Å²) in [6.07, 6.45) is 9.44. The molecule has 1 N–H and O–H groups in total. The van der Waals surface area contributed by atoms with E-state index < -0.39 is 0 Å². The number of hydrogen-bond acceptors (Lipinski definition) is 2. The molecule has 2 heteroatoms. The highest BCUT2D eigenvalue weighted by Crippen LogP contribution is 2.43. The monoisotopic (exact) mass is 286 g/mol. The Balaban J connectivity index is 1.75. The van der Waals surface area contributed by atoms with Crippen molar-refractivity contribution < 1.29 is 0 Å². The molecular weight excluding hydrogens is 256 g/mol. The highest BCUT2D eigenvalue weighted by molar-refractivity contribution is 5.40. The van der Waals surface area contributed by atoms with E-state index in [-0.39, 0.29) is 0 Å². The minimum Gasteiger partial charge on any atom is -0.315 e. The first kappa shape index (κ1) is 15.1. The average Bonchev–Trinajstić information content (AvgIpc) is 2.49. The molecule has 0 heterocycles. The summed E-state index contributed by atoms with van der Waals surface area (Å²) in [7, 11) is 6.73. The third-order valence-electron chi connectivity index (χ3n) is 6.09. The van der Waals surface area contributed by atoms with E-state index in [1.165, 1.54) is 44.9 Å². The van der Waals surface area contributed by atoms with Crippen LogP contribution in [-0.2, 0) is 6.42 Å². The highest BCUT2D eigenvalue weighted by Gasteiger charge is 2.43. The van der Waals surface area contributed by atoms with Crippen LogP contribution in [0.3, 0.4) is 0 Å². The number of benzene rings is 1. The summed E-state index contributed by atoms with van der Waals surface area (Å²) in [6.45, 7) is 0. The topological polar surface area (TPSA) is 15.3 Å². The van der Waals surface area contributed by atoms with Gasteiger partial charge in [-0.1, -0.05) is 43.5 Å². The van der Waals surface area contributed by atoms with Gasteiger partial charge < -0.3 is 10.2 Å². The van der Waals surface area contributed by atoms with Crippen molar-refractivity contribution in [2.24, 2.45) is 0 Å². The average molecular weight is 286 g/mol. The third kappa shape index (κ3) is 2.64. The quantitative estimate of drug-likeness (QED) is 0.890. The molecule has 0 saturated heterocycles. The zero-order valence-electron chi connectivity index (χ0n) is 13.9. The number of nitrogens with zero attached hydrogens (tertiary/aromatic N) is 1. The van der Waals surface area contributed by atoms with Crippen molar-refractivity contribution in [2.45, 2.75) is 62.4 Å². The van der Waals surface area contributed by atoms with Crippen LogP contribution in [0.25, 0.3) is 0 Å². The van der Waals surface area contributed by atoms with Crippen LogP contribution in [0.2, 0.25) is 0 Å². The molecule has 0 amide bonds. The van der Waals surface area contributed by atoms with E-state index in [0.717, 1.165) is 5.92 Å². The van der Waals surface area contributed by atoms with Crippen molar-refractivity contribution in [1.29, 1.82) is 0 Å². The molecule has 2 atom stereocenters. The van der Waals surface area contributed by atoms with Gasteiger partial charge in [-0.2, -0.15) is 0 Å². The molecule has 3 rings (SSSR count). The van der Waals surface area contributed by atoms with Gasteiger partial charge in [0.25, 0.3) is 0 Å². The summed E-state index contributed by atoms with van der Waals surface area (Å²) < 4.78 is 0. The Hall–Kier alpha value is -0.860.